The van der Waals surface area contributed by atoms with Gasteiger partial charge >= 0.3 is 6.18 Å². The lowest BCUT2D eigenvalue weighted by atomic mass is 9.87. The van der Waals surface area contributed by atoms with Crippen LogP contribution < -0.4 is 0 Å². The lowest BCUT2D eigenvalue weighted by Crippen LogP contribution is -2.29. The molecule has 0 unspecified atom stereocenters. The lowest BCUT2D eigenvalue weighted by Gasteiger charge is -2.22. The molecule has 5 rings (SSSR count). The zero-order valence-electron chi connectivity index (χ0n) is 20.5. The molecule has 3 aromatic carbocycles. The first kappa shape index (κ1) is 25.5. The Bertz CT molecular complexity index is 1460. The van der Waals surface area contributed by atoms with Crippen molar-refractivity contribution in [3.63, 3.8) is 0 Å². The molecule has 1 aliphatic heterocycles. The third-order valence-corrected chi connectivity index (χ3v) is 7.16. The Morgan fingerprint density at radius 3 is 2.29 bits per heavy atom. The number of carbonyl (C=O) groups is 1. The van der Waals surface area contributed by atoms with E-state index in [1.807, 2.05) is 41.1 Å². The average Bonchev–Trinajstić information content (AvgIpc) is 3.56. The van der Waals surface area contributed by atoms with Gasteiger partial charge in [0.25, 0.3) is 5.69 Å². The molecule has 196 valence electrons. The number of amides is 1. The predicted molar refractivity (Wildman–Crippen MR) is 138 cm³/mol. The Morgan fingerprint density at radius 2 is 1.66 bits per heavy atom. The first-order chi connectivity index (χ1) is 18.2. The van der Waals surface area contributed by atoms with E-state index >= 15 is 0 Å². The summed E-state index contributed by atoms with van der Waals surface area (Å²) in [4.78, 5) is 26.2. The molecule has 1 amide bonds. The maximum atomic E-state index is 13.3. The van der Waals surface area contributed by atoms with Crippen LogP contribution >= 0.6 is 0 Å². The highest BCUT2D eigenvalue weighted by Crippen LogP contribution is 2.38. The van der Waals surface area contributed by atoms with Gasteiger partial charge in [-0.15, -0.1) is 0 Å². The number of nitro benzene ring substituents is 1. The lowest BCUT2D eigenvalue weighted by molar-refractivity contribution is -0.384. The minimum Gasteiger partial charge on any atom is -0.343 e. The number of likely N-dealkylation sites (tertiary alicyclic amines) is 1. The van der Waals surface area contributed by atoms with E-state index in [0.717, 1.165) is 36.1 Å². The van der Waals surface area contributed by atoms with Crippen LogP contribution in [-0.4, -0.2) is 33.4 Å². The Hall–Kier alpha value is -4.14. The fraction of sp³-hybridized carbons (Fsp3) is 0.276. The van der Waals surface area contributed by atoms with Crippen LogP contribution in [0.5, 0.6) is 0 Å². The molecule has 2 heterocycles. The van der Waals surface area contributed by atoms with Gasteiger partial charge in [-0.1, -0.05) is 42.5 Å². The molecule has 1 aliphatic rings. The normalized spacial score (nSPS) is 14.7. The van der Waals surface area contributed by atoms with Gasteiger partial charge in [-0.2, -0.15) is 13.2 Å². The van der Waals surface area contributed by atoms with E-state index in [0.29, 0.717) is 36.1 Å². The second kappa shape index (κ2) is 10.3. The third kappa shape index (κ3) is 5.27. The Balaban J connectivity index is 1.64. The molecular formula is C29H26F3N3O3. The van der Waals surface area contributed by atoms with Crippen LogP contribution in [0.4, 0.5) is 18.9 Å². The molecule has 0 N–H and O–H groups in total. The van der Waals surface area contributed by atoms with Crippen LogP contribution in [0.15, 0.2) is 79.0 Å². The van der Waals surface area contributed by atoms with Crippen molar-refractivity contribution in [3.05, 3.63) is 111 Å². The van der Waals surface area contributed by atoms with E-state index < -0.39 is 22.6 Å². The van der Waals surface area contributed by atoms with Crippen molar-refractivity contribution in [2.45, 2.75) is 37.9 Å². The summed E-state index contributed by atoms with van der Waals surface area (Å²) in [5.41, 5.74) is 2.14. The highest BCUT2D eigenvalue weighted by molar-refractivity contribution is 5.88. The van der Waals surface area contributed by atoms with Crippen molar-refractivity contribution in [1.29, 1.82) is 0 Å². The number of carbonyl (C=O) groups excluding carboxylic acids is 1. The van der Waals surface area contributed by atoms with Crippen molar-refractivity contribution >= 4 is 22.5 Å². The van der Waals surface area contributed by atoms with E-state index in [1.165, 1.54) is 24.3 Å². The monoisotopic (exact) mass is 521 g/mol. The number of hydrogen-bond acceptors (Lipinski definition) is 3. The molecule has 0 aliphatic carbocycles. The van der Waals surface area contributed by atoms with Crippen molar-refractivity contribution in [1.82, 2.24) is 9.47 Å². The molecular weight excluding hydrogens is 495 g/mol. The van der Waals surface area contributed by atoms with Gasteiger partial charge in [0.05, 0.1) is 10.5 Å². The number of alkyl halides is 3. The Kier molecular flexibility index (Phi) is 6.93. The topological polar surface area (TPSA) is 68.4 Å². The molecule has 1 fully saturated rings. The number of fused-ring (bicyclic) bond motifs is 1. The molecule has 38 heavy (non-hydrogen) atoms. The standard InChI is InChI=1S/C29H26F3N3O3/c30-29(31,32)22-10-8-21(9-11-22)24(17-28(36)33-14-4-5-15-33)26-19-34(18-20-6-2-1-3-7-20)27-13-12-23(35(37)38)16-25(26)27/h1-3,6-13,16,19,24H,4-5,14-15,17-18H2/t24-/m0/s1. The van der Waals surface area contributed by atoms with Gasteiger partial charge in [-0.05, 0) is 47.7 Å². The van der Waals surface area contributed by atoms with Crippen molar-refractivity contribution in [3.8, 4) is 0 Å². The number of halogens is 3. The largest absolute Gasteiger partial charge is 0.416 e. The van der Waals surface area contributed by atoms with Crippen LogP contribution in [-0.2, 0) is 17.5 Å². The van der Waals surface area contributed by atoms with Gasteiger partial charge < -0.3 is 9.47 Å². The van der Waals surface area contributed by atoms with Gasteiger partial charge in [-0.25, -0.2) is 0 Å². The number of nitro groups is 1. The van der Waals surface area contributed by atoms with Gasteiger partial charge in [-0.3, -0.25) is 14.9 Å². The molecule has 0 spiro atoms. The number of aromatic nitrogens is 1. The molecule has 0 saturated carbocycles. The molecule has 1 atom stereocenters. The number of rotatable bonds is 7. The molecule has 4 aromatic rings. The van der Waals surface area contributed by atoms with E-state index in [-0.39, 0.29) is 18.0 Å². The van der Waals surface area contributed by atoms with Crippen molar-refractivity contribution in [2.75, 3.05) is 13.1 Å². The van der Waals surface area contributed by atoms with Crippen LogP contribution in [0, 0.1) is 10.1 Å². The summed E-state index contributed by atoms with van der Waals surface area (Å²) >= 11 is 0. The van der Waals surface area contributed by atoms with Gasteiger partial charge in [0.15, 0.2) is 0 Å². The molecule has 6 nitrogen and oxygen atoms in total. The van der Waals surface area contributed by atoms with E-state index in [2.05, 4.69) is 0 Å². The molecule has 1 saturated heterocycles. The smallest absolute Gasteiger partial charge is 0.343 e. The molecule has 0 bridgehead atoms. The van der Waals surface area contributed by atoms with Crippen molar-refractivity contribution in [2.24, 2.45) is 0 Å². The van der Waals surface area contributed by atoms with E-state index in [1.54, 1.807) is 11.0 Å². The summed E-state index contributed by atoms with van der Waals surface area (Å²) in [6, 6.07) is 19.2. The number of nitrogens with zero attached hydrogens (tertiary/aromatic N) is 3. The van der Waals surface area contributed by atoms with E-state index in [9.17, 15) is 28.1 Å². The summed E-state index contributed by atoms with van der Waals surface area (Å²) in [7, 11) is 0. The number of non-ortho nitro benzene ring substituents is 1. The van der Waals surface area contributed by atoms with Crippen LogP contribution in [0.2, 0.25) is 0 Å². The summed E-state index contributed by atoms with van der Waals surface area (Å²) < 4.78 is 41.8. The maximum Gasteiger partial charge on any atom is 0.416 e. The molecule has 1 aromatic heterocycles. The zero-order valence-corrected chi connectivity index (χ0v) is 20.5. The number of hydrogen-bond donors (Lipinski definition) is 0. The third-order valence-electron chi connectivity index (χ3n) is 7.16. The Labute approximate surface area is 217 Å². The fourth-order valence-electron chi connectivity index (χ4n) is 5.20. The van der Waals surface area contributed by atoms with Gasteiger partial charge in [0.2, 0.25) is 5.91 Å². The molecule has 9 heteroatoms. The van der Waals surface area contributed by atoms with E-state index in [4.69, 9.17) is 0 Å². The van der Waals surface area contributed by atoms with Crippen LogP contribution in [0.3, 0.4) is 0 Å². The van der Waals surface area contributed by atoms with Crippen LogP contribution in [0.25, 0.3) is 10.9 Å². The first-order valence-corrected chi connectivity index (χ1v) is 12.5. The predicted octanol–water partition coefficient (Wildman–Crippen LogP) is 6.76. The summed E-state index contributed by atoms with van der Waals surface area (Å²) in [6.07, 6.45) is -0.719. The highest BCUT2D eigenvalue weighted by atomic mass is 19.4. The quantitative estimate of drug-likeness (QED) is 0.199. The second-order valence-corrected chi connectivity index (χ2v) is 9.62. The minimum atomic E-state index is -4.48. The second-order valence-electron chi connectivity index (χ2n) is 9.62. The summed E-state index contributed by atoms with van der Waals surface area (Å²) in [5.74, 6) is -0.659. The first-order valence-electron chi connectivity index (χ1n) is 12.5. The maximum absolute atomic E-state index is 13.3. The number of benzene rings is 3. The summed E-state index contributed by atoms with van der Waals surface area (Å²) in [6.45, 7) is 1.80. The zero-order chi connectivity index (χ0) is 26.9. The van der Waals surface area contributed by atoms with Gasteiger partial charge in [0, 0.05) is 61.2 Å². The minimum absolute atomic E-state index is 0.0541. The molecule has 0 radical (unpaired) electrons. The highest BCUT2D eigenvalue weighted by Gasteiger charge is 2.32. The summed E-state index contributed by atoms with van der Waals surface area (Å²) in [5, 5.41) is 12.2. The Morgan fingerprint density at radius 1 is 0.974 bits per heavy atom. The SMILES string of the molecule is O=C(C[C@@H](c1ccc(C(F)(F)F)cc1)c1cn(Cc2ccccc2)c2ccc([N+](=O)[O-])cc12)N1CCCC1. The van der Waals surface area contributed by atoms with Crippen LogP contribution in [0.1, 0.15) is 47.4 Å². The fourth-order valence-corrected chi connectivity index (χ4v) is 5.20. The average molecular weight is 522 g/mol. The van der Waals surface area contributed by atoms with Crippen molar-refractivity contribution < 1.29 is 22.9 Å². The van der Waals surface area contributed by atoms with Gasteiger partial charge in [0.1, 0.15) is 0 Å².